The van der Waals surface area contributed by atoms with Gasteiger partial charge in [0.2, 0.25) is 0 Å². The number of fused-ring (bicyclic) bond motifs is 2. The van der Waals surface area contributed by atoms with Crippen LogP contribution in [0.1, 0.15) is 18.7 Å². The first-order valence-electron chi connectivity index (χ1n) is 8.88. The molecule has 0 spiro atoms. The van der Waals surface area contributed by atoms with Crippen molar-refractivity contribution in [2.45, 2.75) is 30.7 Å². The van der Waals surface area contributed by atoms with Crippen LogP contribution in [0.25, 0.3) is 11.4 Å². The average molecular weight is 413 g/mol. The summed E-state index contributed by atoms with van der Waals surface area (Å²) in [5.41, 5.74) is 2.34. The second kappa shape index (κ2) is 6.64. The quantitative estimate of drug-likeness (QED) is 0.551. The largest absolute Gasteiger partial charge is 0.311 e. The lowest BCUT2D eigenvalue weighted by molar-refractivity contribution is 0.526. The third kappa shape index (κ3) is 2.94. The maximum atomic E-state index is 12.8. The molecule has 0 radical (unpaired) electrons. The van der Waals surface area contributed by atoms with Crippen LogP contribution in [0.3, 0.4) is 0 Å². The van der Waals surface area contributed by atoms with E-state index in [0.29, 0.717) is 17.1 Å². The summed E-state index contributed by atoms with van der Waals surface area (Å²) in [5.74, 6) is 1.83. The van der Waals surface area contributed by atoms with E-state index in [1.54, 1.807) is 24.3 Å². The van der Waals surface area contributed by atoms with Gasteiger partial charge in [0.05, 0.1) is 11.4 Å². The summed E-state index contributed by atoms with van der Waals surface area (Å²) in [6.07, 6.45) is 3.20. The molecule has 0 amide bonds. The van der Waals surface area contributed by atoms with E-state index in [4.69, 9.17) is 0 Å². The van der Waals surface area contributed by atoms with E-state index < -0.39 is 10.0 Å². The first kappa shape index (κ1) is 17.3. The van der Waals surface area contributed by atoms with Crippen LogP contribution in [0.2, 0.25) is 0 Å². The third-order valence-corrected chi connectivity index (χ3v) is 6.75. The van der Waals surface area contributed by atoms with Crippen molar-refractivity contribution in [2.24, 2.45) is 8.73 Å². The Morgan fingerprint density at radius 3 is 2.71 bits per heavy atom. The molecule has 0 saturated heterocycles. The van der Waals surface area contributed by atoms with Crippen LogP contribution in [0.15, 0.2) is 56.1 Å². The van der Waals surface area contributed by atoms with Gasteiger partial charge in [-0.3, -0.25) is 4.72 Å². The zero-order valence-electron chi connectivity index (χ0n) is 14.7. The summed E-state index contributed by atoms with van der Waals surface area (Å²) in [6, 6.07) is 12.1. The molecule has 0 fully saturated rings. The number of aromatic nitrogens is 3. The van der Waals surface area contributed by atoms with Crippen LogP contribution in [0.5, 0.6) is 0 Å². The smallest absolute Gasteiger partial charge is 0.264 e. The molecule has 1 aromatic heterocycles. The Balaban J connectivity index is 1.42. The summed E-state index contributed by atoms with van der Waals surface area (Å²) in [6.45, 7) is 0.914. The molecular formula is C18H16N6O2S2. The van der Waals surface area contributed by atoms with Crippen molar-refractivity contribution in [2.75, 3.05) is 4.72 Å². The number of benzene rings is 2. The fourth-order valence-electron chi connectivity index (χ4n) is 3.42. The van der Waals surface area contributed by atoms with Crippen LogP contribution < -0.4 is 4.72 Å². The van der Waals surface area contributed by atoms with Gasteiger partial charge in [0, 0.05) is 24.2 Å². The van der Waals surface area contributed by atoms with Crippen molar-refractivity contribution in [1.29, 1.82) is 0 Å². The molecule has 2 aliphatic heterocycles. The molecule has 142 valence electrons. The molecule has 28 heavy (non-hydrogen) atoms. The SMILES string of the molecule is O=S(=O)(Nc1ccc(-c2nnc3n2CCCC3)cc1)c1cccc2c1N=S=N2. The Bertz CT molecular complexity index is 1240. The molecule has 3 aromatic rings. The lowest BCUT2D eigenvalue weighted by atomic mass is 10.1. The average Bonchev–Trinajstić information content (AvgIpc) is 3.35. The summed E-state index contributed by atoms with van der Waals surface area (Å²) >= 11 is 0.994. The fraction of sp³-hybridized carbons (Fsp3) is 0.222. The van der Waals surface area contributed by atoms with E-state index in [1.807, 2.05) is 12.1 Å². The predicted octanol–water partition coefficient (Wildman–Crippen LogP) is 3.81. The molecule has 2 aromatic carbocycles. The van der Waals surface area contributed by atoms with E-state index in [0.717, 1.165) is 54.4 Å². The highest BCUT2D eigenvalue weighted by molar-refractivity contribution is 7.93. The number of aryl methyl sites for hydroxylation is 1. The molecule has 1 N–H and O–H groups in total. The summed E-state index contributed by atoms with van der Waals surface area (Å²) in [7, 11) is -3.77. The van der Waals surface area contributed by atoms with E-state index in [1.165, 1.54) is 6.07 Å². The van der Waals surface area contributed by atoms with Crippen LogP contribution in [-0.2, 0) is 34.3 Å². The van der Waals surface area contributed by atoms with Gasteiger partial charge in [0.1, 0.15) is 22.1 Å². The Morgan fingerprint density at radius 1 is 1.00 bits per heavy atom. The van der Waals surface area contributed by atoms with E-state index in [-0.39, 0.29) is 4.90 Å². The molecule has 0 bridgehead atoms. The second-order valence-electron chi connectivity index (χ2n) is 6.62. The van der Waals surface area contributed by atoms with Crippen LogP contribution in [0.4, 0.5) is 17.1 Å². The molecule has 0 atom stereocenters. The zero-order valence-corrected chi connectivity index (χ0v) is 16.4. The molecule has 0 aliphatic carbocycles. The van der Waals surface area contributed by atoms with Gasteiger partial charge in [-0.25, -0.2) is 8.42 Å². The number of hydrogen-bond donors (Lipinski definition) is 1. The number of rotatable bonds is 4. The van der Waals surface area contributed by atoms with Gasteiger partial charge in [-0.05, 0) is 49.2 Å². The fourth-order valence-corrected chi connectivity index (χ4v) is 5.24. The number of nitrogens with one attached hydrogen (secondary N) is 1. The Morgan fingerprint density at radius 2 is 1.86 bits per heavy atom. The highest BCUT2D eigenvalue weighted by atomic mass is 32.2. The van der Waals surface area contributed by atoms with Crippen LogP contribution in [0, 0.1) is 0 Å². The molecule has 10 heteroatoms. The van der Waals surface area contributed by atoms with Gasteiger partial charge in [0.25, 0.3) is 10.0 Å². The van der Waals surface area contributed by atoms with Crippen molar-refractivity contribution >= 4 is 38.4 Å². The van der Waals surface area contributed by atoms with Crippen molar-refractivity contribution in [3.8, 4) is 11.4 Å². The minimum Gasteiger partial charge on any atom is -0.311 e. The summed E-state index contributed by atoms with van der Waals surface area (Å²) in [5, 5.41) is 8.58. The van der Waals surface area contributed by atoms with Gasteiger partial charge in [-0.2, -0.15) is 8.73 Å². The van der Waals surface area contributed by atoms with Crippen molar-refractivity contribution in [3.63, 3.8) is 0 Å². The van der Waals surface area contributed by atoms with Crippen molar-refractivity contribution < 1.29 is 8.42 Å². The Kier molecular flexibility index (Phi) is 4.09. The standard InChI is InChI=1S/C18H16N6O2S2/c25-28(26,15-5-3-4-14-17(15)22-27-21-14)23-13-9-7-12(8-10-13)18-20-19-16-6-1-2-11-24(16)18/h3-5,7-10,23H,1-2,6,11H2. The van der Waals surface area contributed by atoms with Crippen molar-refractivity contribution in [1.82, 2.24) is 14.8 Å². The van der Waals surface area contributed by atoms with Gasteiger partial charge in [0.15, 0.2) is 5.82 Å². The minimum atomic E-state index is -3.77. The Hall–Kier alpha value is -2.85. The predicted molar refractivity (Wildman–Crippen MR) is 107 cm³/mol. The lowest BCUT2D eigenvalue weighted by Crippen LogP contribution is -2.13. The number of anilines is 1. The number of sulfonamides is 1. The summed E-state index contributed by atoms with van der Waals surface area (Å²) in [4.78, 5) is 0.120. The first-order valence-corrected chi connectivity index (χ1v) is 11.1. The topological polar surface area (TPSA) is 102 Å². The van der Waals surface area contributed by atoms with E-state index in [2.05, 4.69) is 28.2 Å². The number of nitrogens with zero attached hydrogens (tertiary/aromatic N) is 5. The van der Waals surface area contributed by atoms with E-state index in [9.17, 15) is 8.42 Å². The maximum Gasteiger partial charge on any atom is 0.264 e. The Labute approximate surface area is 165 Å². The number of hydrogen-bond acceptors (Lipinski definition) is 6. The molecule has 3 heterocycles. The third-order valence-electron chi connectivity index (χ3n) is 4.79. The molecular weight excluding hydrogens is 396 g/mol. The second-order valence-corrected chi connectivity index (χ2v) is 8.80. The lowest BCUT2D eigenvalue weighted by Gasteiger charge is -2.15. The van der Waals surface area contributed by atoms with Gasteiger partial charge in [-0.15, -0.1) is 10.2 Å². The zero-order chi connectivity index (χ0) is 19.1. The maximum absolute atomic E-state index is 12.8. The molecule has 0 saturated carbocycles. The first-order chi connectivity index (χ1) is 13.6. The van der Waals surface area contributed by atoms with Crippen LogP contribution >= 0.6 is 0 Å². The van der Waals surface area contributed by atoms with Gasteiger partial charge >= 0.3 is 0 Å². The van der Waals surface area contributed by atoms with Crippen LogP contribution in [-0.4, -0.2) is 23.2 Å². The van der Waals surface area contributed by atoms with E-state index >= 15 is 0 Å². The van der Waals surface area contributed by atoms with Gasteiger partial charge in [-0.1, -0.05) is 6.07 Å². The van der Waals surface area contributed by atoms with Gasteiger partial charge < -0.3 is 4.57 Å². The van der Waals surface area contributed by atoms with Crippen molar-refractivity contribution in [3.05, 3.63) is 48.3 Å². The monoisotopic (exact) mass is 412 g/mol. The highest BCUT2D eigenvalue weighted by Gasteiger charge is 2.23. The normalized spacial score (nSPS) is 15.0. The minimum absolute atomic E-state index is 0.120. The molecule has 2 aliphatic rings. The highest BCUT2D eigenvalue weighted by Crippen LogP contribution is 2.38. The molecule has 5 rings (SSSR count). The molecule has 8 nitrogen and oxygen atoms in total. The summed E-state index contributed by atoms with van der Waals surface area (Å²) < 4.78 is 38.6. The molecule has 0 unspecified atom stereocenters.